The predicted octanol–water partition coefficient (Wildman–Crippen LogP) is 4.28. The maximum absolute atomic E-state index is 15.0. The van der Waals surface area contributed by atoms with Gasteiger partial charge in [0, 0.05) is 56.4 Å². The van der Waals surface area contributed by atoms with E-state index in [1.807, 2.05) is 16.7 Å². The second-order valence-corrected chi connectivity index (χ2v) is 10.6. The van der Waals surface area contributed by atoms with Crippen LogP contribution in [0.4, 0.5) is 33.3 Å². The van der Waals surface area contributed by atoms with Gasteiger partial charge in [0.15, 0.2) is 11.6 Å². The summed E-state index contributed by atoms with van der Waals surface area (Å²) in [5.74, 6) is -3.87. The van der Waals surface area contributed by atoms with Gasteiger partial charge in [-0.2, -0.15) is 13.2 Å². The van der Waals surface area contributed by atoms with Crippen LogP contribution >= 0.6 is 11.6 Å². The number of piperazine rings is 1. The third-order valence-electron chi connectivity index (χ3n) is 7.44. The summed E-state index contributed by atoms with van der Waals surface area (Å²) < 4.78 is 73.1. The minimum atomic E-state index is -4.23. The number of nitrogens with zero attached hydrogens (tertiary/aromatic N) is 3. The molecule has 0 radical (unpaired) electrons. The first-order valence-electron chi connectivity index (χ1n) is 13.7. The van der Waals surface area contributed by atoms with E-state index in [1.165, 1.54) is 18.2 Å². The van der Waals surface area contributed by atoms with Crippen LogP contribution in [0.1, 0.15) is 29.3 Å². The Morgan fingerprint density at radius 3 is 2.48 bits per heavy atom. The molecule has 0 saturated carbocycles. The number of alkyl halides is 3. The molecule has 1 atom stereocenters. The van der Waals surface area contributed by atoms with Crippen LogP contribution in [0, 0.1) is 11.6 Å². The molecule has 2 saturated heterocycles. The summed E-state index contributed by atoms with van der Waals surface area (Å²) in [5, 5.41) is 5.58. The van der Waals surface area contributed by atoms with Crippen LogP contribution in [-0.4, -0.2) is 92.9 Å². The average molecular weight is 618 g/mol. The van der Waals surface area contributed by atoms with Gasteiger partial charge < -0.3 is 20.3 Å². The van der Waals surface area contributed by atoms with Crippen LogP contribution < -0.4 is 15.5 Å². The highest BCUT2D eigenvalue weighted by atomic mass is 35.5. The van der Waals surface area contributed by atoms with E-state index in [2.05, 4.69) is 10.6 Å². The summed E-state index contributed by atoms with van der Waals surface area (Å²) in [6.45, 7) is 5.01. The molecule has 4 rings (SSSR count). The maximum Gasteiger partial charge on any atom is 0.390 e. The Bertz CT molecular complexity index is 1270. The molecular formula is C28H33ClF5N5O3. The van der Waals surface area contributed by atoms with Gasteiger partial charge in [-0.3, -0.25) is 19.4 Å². The first kappa shape index (κ1) is 31.9. The van der Waals surface area contributed by atoms with Crippen molar-refractivity contribution in [1.29, 1.82) is 0 Å². The number of anilines is 2. The molecule has 2 aliphatic rings. The van der Waals surface area contributed by atoms with Gasteiger partial charge in [0.05, 0.1) is 36.6 Å². The fraction of sp³-hybridized carbons (Fsp3) is 0.500. The molecule has 230 valence electrons. The normalized spacial score (nSPS) is 18.6. The summed E-state index contributed by atoms with van der Waals surface area (Å²) in [5.41, 5.74) is 0.157. The number of nitrogens with one attached hydrogen (secondary N) is 2. The summed E-state index contributed by atoms with van der Waals surface area (Å²) in [6.07, 6.45) is -5.13. The first-order chi connectivity index (χ1) is 20.0. The van der Waals surface area contributed by atoms with Gasteiger partial charge in [-0.15, -0.1) is 0 Å². The van der Waals surface area contributed by atoms with Crippen LogP contribution in [0.3, 0.4) is 0 Å². The van der Waals surface area contributed by atoms with Crippen LogP contribution in [0.15, 0.2) is 30.3 Å². The van der Waals surface area contributed by atoms with Crippen molar-refractivity contribution in [2.45, 2.75) is 32.1 Å². The Balaban J connectivity index is 1.40. The fourth-order valence-corrected chi connectivity index (χ4v) is 5.18. The van der Waals surface area contributed by atoms with Gasteiger partial charge in [0.1, 0.15) is 6.04 Å². The molecule has 0 spiro atoms. The maximum atomic E-state index is 15.0. The molecule has 0 aromatic heterocycles. The molecule has 2 amide bonds. The molecule has 2 fully saturated rings. The van der Waals surface area contributed by atoms with Gasteiger partial charge in [-0.05, 0) is 30.8 Å². The van der Waals surface area contributed by atoms with Gasteiger partial charge in [0.2, 0.25) is 5.91 Å². The van der Waals surface area contributed by atoms with E-state index in [0.29, 0.717) is 62.3 Å². The van der Waals surface area contributed by atoms with Crippen molar-refractivity contribution in [1.82, 2.24) is 15.1 Å². The van der Waals surface area contributed by atoms with Gasteiger partial charge >= 0.3 is 6.18 Å². The lowest BCUT2D eigenvalue weighted by Crippen LogP contribution is -2.53. The topological polar surface area (TPSA) is 77.1 Å². The van der Waals surface area contributed by atoms with E-state index >= 15 is 4.39 Å². The van der Waals surface area contributed by atoms with Crippen molar-refractivity contribution < 1.29 is 36.3 Å². The van der Waals surface area contributed by atoms with Gasteiger partial charge in [-0.1, -0.05) is 24.6 Å². The minimum Gasteiger partial charge on any atom is -0.378 e. The van der Waals surface area contributed by atoms with Crippen molar-refractivity contribution in [2.75, 3.05) is 69.2 Å². The van der Waals surface area contributed by atoms with E-state index in [9.17, 15) is 27.2 Å². The summed E-state index contributed by atoms with van der Waals surface area (Å²) in [6, 6.07) is 6.51. The summed E-state index contributed by atoms with van der Waals surface area (Å²) in [4.78, 5) is 31.1. The molecule has 2 N–H and O–H groups in total. The third kappa shape index (κ3) is 8.09. The molecule has 2 heterocycles. The fourth-order valence-electron chi connectivity index (χ4n) is 5.02. The third-order valence-corrected chi connectivity index (χ3v) is 7.68. The number of carbonyl (C=O) groups excluding carboxylic acids is 2. The molecule has 2 aliphatic heterocycles. The zero-order valence-corrected chi connectivity index (χ0v) is 23.8. The number of carbonyl (C=O) groups is 2. The Morgan fingerprint density at radius 2 is 1.79 bits per heavy atom. The molecular weight excluding hydrogens is 585 g/mol. The highest BCUT2D eigenvalue weighted by Crippen LogP contribution is 2.31. The van der Waals surface area contributed by atoms with Crippen LogP contribution in [0.2, 0.25) is 5.02 Å². The highest BCUT2D eigenvalue weighted by Gasteiger charge is 2.30. The molecule has 14 heteroatoms. The highest BCUT2D eigenvalue weighted by molar-refractivity contribution is 6.31. The minimum absolute atomic E-state index is 0.104. The number of amides is 2. The predicted molar refractivity (Wildman–Crippen MR) is 149 cm³/mol. The number of hydrogen-bond acceptors (Lipinski definition) is 6. The lowest BCUT2D eigenvalue weighted by molar-refractivity contribution is -0.138. The number of morpholine rings is 1. The second-order valence-electron chi connectivity index (χ2n) is 10.1. The average Bonchev–Trinajstić information content (AvgIpc) is 2.97. The number of hydrogen-bond donors (Lipinski definition) is 2. The van der Waals surface area contributed by atoms with E-state index in [-0.39, 0.29) is 31.2 Å². The molecule has 8 nitrogen and oxygen atoms in total. The summed E-state index contributed by atoms with van der Waals surface area (Å²) >= 11 is 6.18. The lowest BCUT2D eigenvalue weighted by Gasteiger charge is -2.37. The largest absolute Gasteiger partial charge is 0.390 e. The van der Waals surface area contributed by atoms with Crippen molar-refractivity contribution in [3.63, 3.8) is 0 Å². The van der Waals surface area contributed by atoms with Crippen molar-refractivity contribution in [2.24, 2.45) is 0 Å². The van der Waals surface area contributed by atoms with Crippen LogP contribution in [0.5, 0.6) is 0 Å². The number of rotatable bonds is 9. The van der Waals surface area contributed by atoms with E-state index < -0.39 is 41.7 Å². The zero-order chi connectivity index (χ0) is 30.4. The second kappa shape index (κ2) is 14.0. The number of ether oxygens (including phenoxy) is 1. The quantitative estimate of drug-likeness (QED) is 0.409. The Morgan fingerprint density at radius 1 is 1.05 bits per heavy atom. The molecule has 0 aliphatic carbocycles. The molecule has 2 aromatic carbocycles. The van der Waals surface area contributed by atoms with Crippen LogP contribution in [-0.2, 0) is 16.1 Å². The van der Waals surface area contributed by atoms with E-state index in [0.717, 1.165) is 6.07 Å². The number of benzene rings is 2. The van der Waals surface area contributed by atoms with Crippen molar-refractivity contribution >= 4 is 34.8 Å². The Hall–Kier alpha value is -3.00. The lowest BCUT2D eigenvalue weighted by atomic mass is 10.1. The summed E-state index contributed by atoms with van der Waals surface area (Å²) in [7, 11) is 0. The SMILES string of the molecule is CCN1CCOC[C@@H]1C(=O)NCc1ccc(C(=O)Nc2ccc(Cl)cc2N2CCN(CCC(F)(F)F)CC2)c(F)c1F. The monoisotopic (exact) mass is 617 g/mol. The zero-order valence-electron chi connectivity index (χ0n) is 23.1. The number of likely N-dealkylation sites (N-methyl/N-ethyl adjacent to an activating group) is 1. The molecule has 0 unspecified atom stereocenters. The van der Waals surface area contributed by atoms with Crippen LogP contribution in [0.25, 0.3) is 0 Å². The molecule has 0 bridgehead atoms. The van der Waals surface area contributed by atoms with Gasteiger partial charge in [0.25, 0.3) is 5.91 Å². The van der Waals surface area contributed by atoms with Gasteiger partial charge in [-0.25, -0.2) is 8.78 Å². The Labute approximate surface area is 245 Å². The van der Waals surface area contributed by atoms with Crippen molar-refractivity contribution in [3.8, 4) is 0 Å². The number of halogens is 6. The van der Waals surface area contributed by atoms with Crippen molar-refractivity contribution in [3.05, 3.63) is 58.1 Å². The standard InChI is InChI=1S/C28H33ClF5N5O3/c1-2-38-13-14-42-17-23(38)27(41)35-16-18-3-5-20(25(31)24(18)30)26(40)36-21-6-4-19(29)15-22(21)39-11-9-37(10-12-39)8-7-28(32,33)34/h3-6,15,23H,2,7-14,16-17H2,1H3,(H,35,41)(H,36,40)/t23-/m1/s1. The van der Waals surface area contributed by atoms with E-state index in [1.54, 1.807) is 11.0 Å². The molecule has 2 aromatic rings. The van der Waals surface area contributed by atoms with E-state index in [4.69, 9.17) is 16.3 Å². The molecule has 42 heavy (non-hydrogen) atoms. The first-order valence-corrected chi connectivity index (χ1v) is 14.1. The smallest absolute Gasteiger partial charge is 0.378 e. The Kier molecular flexibility index (Phi) is 10.6.